The van der Waals surface area contributed by atoms with E-state index in [1.54, 1.807) is 6.07 Å². The van der Waals surface area contributed by atoms with Crippen molar-refractivity contribution in [3.05, 3.63) is 89.0 Å². The van der Waals surface area contributed by atoms with Crippen LogP contribution in [0.3, 0.4) is 0 Å². The van der Waals surface area contributed by atoms with Crippen LogP contribution in [0.2, 0.25) is 0 Å². The Morgan fingerprint density at radius 2 is 1.81 bits per heavy atom. The molecule has 3 aromatic rings. The Morgan fingerprint density at radius 1 is 1.07 bits per heavy atom. The molecular weight excluding hydrogens is 539 g/mol. The molecule has 1 saturated carbocycles. The van der Waals surface area contributed by atoms with Crippen molar-refractivity contribution >= 4 is 5.97 Å². The first-order valence-electron chi connectivity index (χ1n) is 16.3. The minimum absolute atomic E-state index is 0.0676. The molecule has 1 saturated heterocycles. The number of nitrogens with zero attached hydrogens (tertiary/aromatic N) is 4. The normalized spacial score (nSPS) is 23.1. The van der Waals surface area contributed by atoms with Gasteiger partial charge in [0.25, 0.3) is 0 Å². The van der Waals surface area contributed by atoms with Gasteiger partial charge < -0.3 is 10.0 Å². The number of benzene rings is 2. The largest absolute Gasteiger partial charge is 0.480 e. The minimum atomic E-state index is -0.747. The van der Waals surface area contributed by atoms with E-state index in [1.165, 1.54) is 17.3 Å². The second-order valence-corrected chi connectivity index (χ2v) is 13.0. The number of hydrogen-bond acceptors (Lipinski definition) is 4. The Kier molecular flexibility index (Phi) is 10.3. The summed E-state index contributed by atoms with van der Waals surface area (Å²) in [6.45, 7) is 10.2. The molecule has 0 bridgehead atoms. The first-order chi connectivity index (χ1) is 20.8. The molecule has 5 rings (SSSR count). The van der Waals surface area contributed by atoms with E-state index in [0.29, 0.717) is 11.8 Å². The van der Waals surface area contributed by atoms with Crippen LogP contribution < -0.4 is 0 Å². The summed E-state index contributed by atoms with van der Waals surface area (Å²) in [7, 11) is 1.98. The lowest BCUT2D eigenvalue weighted by atomic mass is 9.87. The van der Waals surface area contributed by atoms with Crippen LogP contribution in [0.1, 0.15) is 87.2 Å². The molecule has 2 aliphatic rings. The summed E-state index contributed by atoms with van der Waals surface area (Å²) in [4.78, 5) is 17.0. The van der Waals surface area contributed by atoms with Gasteiger partial charge in [-0.2, -0.15) is 5.10 Å². The van der Waals surface area contributed by atoms with Crippen molar-refractivity contribution in [2.75, 3.05) is 26.7 Å². The molecule has 2 fully saturated rings. The highest BCUT2D eigenvalue weighted by Crippen LogP contribution is 2.44. The van der Waals surface area contributed by atoms with Crippen molar-refractivity contribution in [2.45, 2.75) is 89.8 Å². The van der Waals surface area contributed by atoms with Gasteiger partial charge in [-0.15, -0.1) is 0 Å². The smallest absolute Gasteiger partial charge is 0.321 e. The fourth-order valence-electron chi connectivity index (χ4n) is 7.75. The first-order valence-corrected chi connectivity index (χ1v) is 16.3. The van der Waals surface area contributed by atoms with E-state index in [4.69, 9.17) is 5.10 Å². The summed E-state index contributed by atoms with van der Waals surface area (Å²) in [6.07, 6.45) is 5.69. The highest BCUT2D eigenvalue weighted by atomic mass is 19.1. The van der Waals surface area contributed by atoms with Gasteiger partial charge in [0.15, 0.2) is 0 Å². The van der Waals surface area contributed by atoms with Crippen LogP contribution in [0.5, 0.6) is 0 Å². The van der Waals surface area contributed by atoms with Gasteiger partial charge in [0.05, 0.1) is 5.69 Å². The molecule has 43 heavy (non-hydrogen) atoms. The van der Waals surface area contributed by atoms with Gasteiger partial charge in [0, 0.05) is 37.2 Å². The minimum Gasteiger partial charge on any atom is -0.480 e. The number of carbonyl (C=O) groups is 1. The van der Waals surface area contributed by atoms with Crippen LogP contribution >= 0.6 is 0 Å². The predicted octanol–water partition coefficient (Wildman–Crippen LogP) is 6.81. The number of hydrogen-bond donors (Lipinski definition) is 1. The molecule has 6 nitrogen and oxygen atoms in total. The van der Waals surface area contributed by atoms with E-state index in [0.717, 1.165) is 76.0 Å². The Balaban J connectivity index is 1.26. The fourth-order valence-corrected chi connectivity index (χ4v) is 7.75. The van der Waals surface area contributed by atoms with E-state index in [2.05, 4.69) is 70.8 Å². The number of likely N-dealkylation sites (tertiary alicyclic amines) is 1. The van der Waals surface area contributed by atoms with Gasteiger partial charge in [-0.3, -0.25) is 14.4 Å². The third kappa shape index (κ3) is 7.38. The quantitative estimate of drug-likeness (QED) is 0.252. The monoisotopic (exact) mass is 588 g/mol. The Morgan fingerprint density at radius 3 is 2.47 bits per heavy atom. The maximum atomic E-state index is 14.3. The van der Waals surface area contributed by atoms with E-state index in [9.17, 15) is 14.3 Å². The summed E-state index contributed by atoms with van der Waals surface area (Å²) in [5.74, 6) is 0.198. The van der Waals surface area contributed by atoms with Crippen molar-refractivity contribution in [1.82, 2.24) is 19.6 Å². The lowest BCUT2D eigenvalue weighted by Gasteiger charge is -2.35. The third-order valence-electron chi connectivity index (χ3n) is 10.3. The van der Waals surface area contributed by atoms with Crippen LogP contribution in [-0.2, 0) is 17.8 Å². The van der Waals surface area contributed by atoms with Crippen LogP contribution in [0.25, 0.3) is 0 Å². The number of carboxylic acids is 1. The zero-order valence-electron chi connectivity index (χ0n) is 26.3. The molecule has 0 radical (unpaired) electrons. The molecule has 1 aliphatic heterocycles. The summed E-state index contributed by atoms with van der Waals surface area (Å²) >= 11 is 0. The number of carboxylic acid groups (broad SMARTS) is 1. The second kappa shape index (κ2) is 14.2. The number of halogens is 1. The summed E-state index contributed by atoms with van der Waals surface area (Å²) in [6, 6.07) is 19.6. The molecular formula is C36H49FN4O2. The van der Waals surface area contributed by atoms with Gasteiger partial charge in [-0.05, 0) is 99.8 Å². The number of aromatic nitrogens is 2. The molecule has 0 spiro atoms. The average Bonchev–Trinajstić information content (AvgIpc) is 3.62. The van der Waals surface area contributed by atoms with E-state index >= 15 is 0 Å². The number of piperidine rings is 1. The van der Waals surface area contributed by atoms with Crippen LogP contribution in [0.15, 0.2) is 60.7 Å². The molecule has 7 heteroatoms. The summed E-state index contributed by atoms with van der Waals surface area (Å²) in [5.41, 5.74) is 4.83. The number of rotatable bonds is 12. The topological polar surface area (TPSA) is 61.6 Å². The molecule has 2 aromatic carbocycles. The van der Waals surface area contributed by atoms with Crippen LogP contribution in [0, 0.1) is 17.7 Å². The molecule has 232 valence electrons. The third-order valence-corrected chi connectivity index (χ3v) is 10.3. The molecule has 1 N–H and O–H groups in total. The molecule has 5 atom stereocenters. The fraction of sp³-hybridized carbons (Fsp3) is 0.556. The van der Waals surface area contributed by atoms with Crippen molar-refractivity contribution < 1.29 is 14.3 Å². The first kappa shape index (κ1) is 31.4. The highest BCUT2D eigenvalue weighted by Gasteiger charge is 2.42. The van der Waals surface area contributed by atoms with Gasteiger partial charge in [-0.25, -0.2) is 4.39 Å². The SMILES string of the molecule is CC[C@@H](C)C(C(=O)O)N(C)[C@H]1C[C@H](CN2CCC(c3cc(Cc4ccccc4)nn3CC)CC2)[C@@H](c2cccc(F)c2)C1. The zero-order valence-corrected chi connectivity index (χ0v) is 26.3. The molecule has 1 aliphatic carbocycles. The van der Waals surface area contributed by atoms with Gasteiger partial charge >= 0.3 is 5.97 Å². The lowest BCUT2D eigenvalue weighted by Crippen LogP contribution is -2.47. The van der Waals surface area contributed by atoms with Crippen molar-refractivity contribution in [1.29, 1.82) is 0 Å². The lowest BCUT2D eigenvalue weighted by molar-refractivity contribution is -0.145. The molecule has 2 heterocycles. The van der Waals surface area contributed by atoms with Crippen molar-refractivity contribution in [2.24, 2.45) is 11.8 Å². The van der Waals surface area contributed by atoms with Gasteiger partial charge in [0.2, 0.25) is 0 Å². The predicted molar refractivity (Wildman–Crippen MR) is 170 cm³/mol. The maximum Gasteiger partial charge on any atom is 0.321 e. The number of aryl methyl sites for hydroxylation is 1. The van der Waals surface area contributed by atoms with E-state index in [1.807, 2.05) is 20.0 Å². The standard InChI is InChI=1S/C36H49FN4O2/c1-5-25(3)35(36(42)43)39(4)32-21-29(33(23-32)28-13-10-14-30(37)20-28)24-40-17-15-27(16-18-40)34-22-31(38-41(34)6-2)19-26-11-8-7-9-12-26/h7-14,20,22,25,27,29,32-33,35H,5-6,15-19,21,23-24H2,1-4H3,(H,42,43)/t25-,29-,32+,33-,35?/m1/s1. The highest BCUT2D eigenvalue weighted by molar-refractivity contribution is 5.73. The van der Waals surface area contributed by atoms with Crippen LogP contribution in [0.4, 0.5) is 4.39 Å². The number of aliphatic carboxylic acids is 1. The summed E-state index contributed by atoms with van der Waals surface area (Å²) in [5, 5.41) is 15.0. The second-order valence-electron chi connectivity index (χ2n) is 13.0. The van der Waals surface area contributed by atoms with Gasteiger partial charge in [-0.1, -0.05) is 62.7 Å². The molecule has 1 unspecified atom stereocenters. The zero-order chi connectivity index (χ0) is 30.5. The molecule has 0 amide bonds. The van der Waals surface area contributed by atoms with Crippen LogP contribution in [-0.4, -0.2) is 69.4 Å². The van der Waals surface area contributed by atoms with Crippen molar-refractivity contribution in [3.63, 3.8) is 0 Å². The van der Waals surface area contributed by atoms with E-state index in [-0.39, 0.29) is 23.7 Å². The Labute approximate surface area is 256 Å². The van der Waals surface area contributed by atoms with Crippen molar-refractivity contribution in [3.8, 4) is 0 Å². The van der Waals surface area contributed by atoms with Gasteiger partial charge in [0.1, 0.15) is 11.9 Å². The molecule has 1 aromatic heterocycles. The maximum absolute atomic E-state index is 14.3. The summed E-state index contributed by atoms with van der Waals surface area (Å²) < 4.78 is 16.5. The Hall–Kier alpha value is -3.03. The number of likely N-dealkylation sites (N-methyl/N-ethyl adjacent to an activating group) is 1. The average molecular weight is 589 g/mol. The van der Waals surface area contributed by atoms with E-state index < -0.39 is 12.0 Å². The Bertz CT molecular complexity index is 1340.